The van der Waals surface area contributed by atoms with Crippen molar-refractivity contribution < 1.29 is 28.6 Å². The molecule has 1 atom stereocenters. The predicted octanol–water partition coefficient (Wildman–Crippen LogP) is 22.8. The zero-order chi connectivity index (χ0) is 56.4. The van der Waals surface area contributed by atoms with E-state index in [1.165, 1.54) is 186 Å². The highest BCUT2D eigenvalue weighted by Crippen LogP contribution is 2.17. The van der Waals surface area contributed by atoms with Gasteiger partial charge in [-0.1, -0.05) is 304 Å². The Morgan fingerprint density at radius 2 is 0.513 bits per heavy atom. The van der Waals surface area contributed by atoms with E-state index in [4.69, 9.17) is 14.2 Å². The minimum atomic E-state index is -0.808. The van der Waals surface area contributed by atoms with Crippen LogP contribution in [0.5, 0.6) is 0 Å². The third kappa shape index (κ3) is 63.2. The number of hydrogen-bond donors (Lipinski definition) is 0. The molecule has 1 unspecified atom stereocenters. The van der Waals surface area contributed by atoms with Crippen LogP contribution in [-0.2, 0) is 28.6 Å². The van der Waals surface area contributed by atoms with Crippen LogP contribution in [0.15, 0.2) is 97.2 Å². The van der Waals surface area contributed by atoms with Gasteiger partial charge in [-0.3, -0.25) is 14.4 Å². The van der Waals surface area contributed by atoms with Crippen molar-refractivity contribution >= 4 is 17.9 Å². The van der Waals surface area contributed by atoms with E-state index >= 15 is 0 Å². The summed E-state index contributed by atoms with van der Waals surface area (Å²) in [5.74, 6) is -0.946. The lowest BCUT2D eigenvalue weighted by Gasteiger charge is -2.18. The molecule has 0 rings (SSSR count). The minimum absolute atomic E-state index is 0.0979. The zero-order valence-corrected chi connectivity index (χ0v) is 51.4. The second-order valence-electron chi connectivity index (χ2n) is 22.0. The molecular weight excluding hydrogens is 961 g/mol. The van der Waals surface area contributed by atoms with Crippen molar-refractivity contribution in [1.29, 1.82) is 0 Å². The third-order valence-electron chi connectivity index (χ3n) is 14.3. The molecule has 0 aromatic rings. The maximum absolute atomic E-state index is 12.9. The monoisotopic (exact) mass is 1080 g/mol. The molecule has 78 heavy (non-hydrogen) atoms. The quantitative estimate of drug-likeness (QED) is 0.0261. The van der Waals surface area contributed by atoms with E-state index in [2.05, 4.69) is 118 Å². The molecule has 448 valence electrons. The van der Waals surface area contributed by atoms with Crippen molar-refractivity contribution in [3.8, 4) is 0 Å². The number of carbonyl (C=O) groups excluding carboxylic acids is 3. The van der Waals surface area contributed by atoms with Gasteiger partial charge in [0.25, 0.3) is 0 Å². The summed E-state index contributed by atoms with van der Waals surface area (Å²) in [4.78, 5) is 38.3. The first-order valence-electron chi connectivity index (χ1n) is 33.2. The Balaban J connectivity index is 4.37. The fourth-order valence-electron chi connectivity index (χ4n) is 9.37. The number of allylic oxidation sites excluding steroid dienone is 16. The molecule has 6 nitrogen and oxygen atoms in total. The van der Waals surface area contributed by atoms with Crippen molar-refractivity contribution in [2.24, 2.45) is 0 Å². The number of hydrogen-bond acceptors (Lipinski definition) is 6. The van der Waals surface area contributed by atoms with Crippen LogP contribution in [0.1, 0.15) is 323 Å². The number of esters is 3. The van der Waals surface area contributed by atoms with E-state index in [1.54, 1.807) is 0 Å². The molecule has 0 N–H and O–H groups in total. The van der Waals surface area contributed by atoms with Crippen LogP contribution in [-0.4, -0.2) is 37.2 Å². The van der Waals surface area contributed by atoms with E-state index < -0.39 is 6.10 Å². The van der Waals surface area contributed by atoms with E-state index in [-0.39, 0.29) is 37.5 Å². The third-order valence-corrected chi connectivity index (χ3v) is 14.3. The maximum Gasteiger partial charge on any atom is 0.306 e. The Kier molecular flexibility index (Phi) is 62.7. The maximum atomic E-state index is 12.9. The summed E-state index contributed by atoms with van der Waals surface area (Å²) in [6.45, 7) is 6.51. The van der Waals surface area contributed by atoms with Gasteiger partial charge in [-0.05, 0) is 96.3 Å². The summed E-state index contributed by atoms with van der Waals surface area (Å²) < 4.78 is 16.9. The van der Waals surface area contributed by atoms with Crippen LogP contribution in [0.25, 0.3) is 0 Å². The lowest BCUT2D eigenvalue weighted by Crippen LogP contribution is -2.30. The van der Waals surface area contributed by atoms with Gasteiger partial charge in [0.05, 0.1) is 0 Å². The van der Waals surface area contributed by atoms with Gasteiger partial charge in [-0.25, -0.2) is 0 Å². The van der Waals surface area contributed by atoms with E-state index in [9.17, 15) is 14.4 Å². The van der Waals surface area contributed by atoms with Gasteiger partial charge < -0.3 is 14.2 Å². The molecule has 0 bridgehead atoms. The van der Waals surface area contributed by atoms with Gasteiger partial charge in [0.15, 0.2) is 6.10 Å². The van der Waals surface area contributed by atoms with Crippen LogP contribution >= 0.6 is 0 Å². The SMILES string of the molecule is CC/C=C\C/C=C\C/C=C\C/C=C\C/C=C\C/C=C\C/C=C\CCCC(=O)OC(COC(=O)CCCCCCCCCCCCCC)COC(=O)CCCCCCCCCCCCCCC/C=C\CCCCCCCCCC. The zero-order valence-electron chi connectivity index (χ0n) is 51.4. The Hall–Kier alpha value is -3.67. The van der Waals surface area contributed by atoms with E-state index in [0.717, 1.165) is 89.9 Å². The highest BCUT2D eigenvalue weighted by atomic mass is 16.6. The van der Waals surface area contributed by atoms with Crippen molar-refractivity contribution in [2.75, 3.05) is 13.2 Å². The van der Waals surface area contributed by atoms with Gasteiger partial charge in [-0.2, -0.15) is 0 Å². The molecule has 0 saturated heterocycles. The first kappa shape index (κ1) is 74.3. The lowest BCUT2D eigenvalue weighted by molar-refractivity contribution is -0.167. The van der Waals surface area contributed by atoms with Crippen molar-refractivity contribution in [3.05, 3.63) is 97.2 Å². The molecule has 0 aromatic carbocycles. The summed E-state index contributed by atoms with van der Waals surface area (Å²) in [6, 6.07) is 0. The average Bonchev–Trinajstić information content (AvgIpc) is 3.44. The summed E-state index contributed by atoms with van der Waals surface area (Å²) in [5, 5.41) is 0. The first-order chi connectivity index (χ1) is 38.5. The van der Waals surface area contributed by atoms with Crippen LogP contribution in [0.2, 0.25) is 0 Å². The average molecular weight is 1090 g/mol. The normalized spacial score (nSPS) is 12.7. The highest BCUT2D eigenvalue weighted by Gasteiger charge is 2.19. The Labute approximate surface area is 483 Å². The Bertz CT molecular complexity index is 1530. The molecule has 0 saturated carbocycles. The van der Waals surface area contributed by atoms with Gasteiger partial charge in [0.2, 0.25) is 0 Å². The summed E-state index contributed by atoms with van der Waals surface area (Å²) >= 11 is 0. The number of ether oxygens (including phenoxy) is 3. The lowest BCUT2D eigenvalue weighted by atomic mass is 10.0. The fourth-order valence-corrected chi connectivity index (χ4v) is 9.37. The van der Waals surface area contributed by atoms with Crippen LogP contribution in [0.4, 0.5) is 0 Å². The molecule has 6 heteroatoms. The van der Waals surface area contributed by atoms with E-state index in [0.29, 0.717) is 19.3 Å². The molecule has 0 spiro atoms. The largest absolute Gasteiger partial charge is 0.462 e. The van der Waals surface area contributed by atoms with Crippen molar-refractivity contribution in [1.82, 2.24) is 0 Å². The summed E-state index contributed by atoms with van der Waals surface area (Å²) in [7, 11) is 0. The molecule has 0 aliphatic heterocycles. The minimum Gasteiger partial charge on any atom is -0.462 e. The van der Waals surface area contributed by atoms with Crippen molar-refractivity contribution in [2.45, 2.75) is 329 Å². The van der Waals surface area contributed by atoms with E-state index in [1.807, 2.05) is 0 Å². The molecule has 0 fully saturated rings. The molecule has 0 aliphatic carbocycles. The first-order valence-corrected chi connectivity index (χ1v) is 33.2. The fraction of sp³-hybridized carbons (Fsp3) is 0.736. The number of unbranched alkanes of at least 4 members (excludes halogenated alkanes) is 33. The van der Waals surface area contributed by atoms with Gasteiger partial charge in [0.1, 0.15) is 13.2 Å². The second-order valence-corrected chi connectivity index (χ2v) is 22.0. The summed E-state index contributed by atoms with van der Waals surface area (Å²) in [6.07, 6.45) is 88.6. The number of rotatable bonds is 60. The number of carbonyl (C=O) groups is 3. The molecular formula is C72H124O6. The molecule has 0 aliphatic rings. The van der Waals surface area contributed by atoms with Gasteiger partial charge >= 0.3 is 17.9 Å². The smallest absolute Gasteiger partial charge is 0.306 e. The topological polar surface area (TPSA) is 78.9 Å². The molecule has 0 heterocycles. The predicted molar refractivity (Wildman–Crippen MR) is 339 cm³/mol. The Morgan fingerprint density at radius 3 is 0.833 bits per heavy atom. The summed E-state index contributed by atoms with van der Waals surface area (Å²) in [5.41, 5.74) is 0. The van der Waals surface area contributed by atoms with Crippen LogP contribution in [0.3, 0.4) is 0 Å². The van der Waals surface area contributed by atoms with Crippen LogP contribution in [0, 0.1) is 0 Å². The molecule has 0 radical (unpaired) electrons. The molecule has 0 aromatic heterocycles. The highest BCUT2D eigenvalue weighted by molar-refractivity contribution is 5.71. The van der Waals surface area contributed by atoms with Gasteiger partial charge in [0, 0.05) is 19.3 Å². The molecule has 0 amide bonds. The van der Waals surface area contributed by atoms with Crippen molar-refractivity contribution in [3.63, 3.8) is 0 Å². The Morgan fingerprint density at radius 1 is 0.269 bits per heavy atom. The standard InChI is InChI=1S/C72H124O6/c1-4-7-10-13-16-19-22-25-27-29-31-33-35-36-38-39-41-43-45-47-50-53-56-59-62-65-71(74)77-68-69(67-76-70(73)64-61-58-55-52-49-24-21-18-15-12-9-6-3)78-72(75)66-63-60-57-54-51-48-46-44-42-40-37-34-32-30-28-26-23-20-17-14-11-8-5-2/h8,11,17,20,26,28-29,31-32,34,40,42,46,48,54,57,69H,4-7,9-10,12-16,18-19,21-25,27,30,33,35-39,41,43-45,47,49-53,55-56,58-68H2,1-3H3/b11-8-,20-17-,28-26-,31-29-,34-32-,42-40-,48-46-,57-54-. The van der Waals surface area contributed by atoms with Gasteiger partial charge in [-0.15, -0.1) is 0 Å². The van der Waals surface area contributed by atoms with Crippen LogP contribution < -0.4 is 0 Å². The second kappa shape index (κ2) is 65.8.